The Labute approximate surface area is 135 Å². The van der Waals surface area contributed by atoms with E-state index >= 15 is 0 Å². The Bertz CT molecular complexity index is 811. The van der Waals surface area contributed by atoms with E-state index in [1.165, 1.54) is 21.9 Å². The highest BCUT2D eigenvalue weighted by Crippen LogP contribution is 2.36. The van der Waals surface area contributed by atoms with Crippen LogP contribution in [0.4, 0.5) is 0 Å². The molecule has 0 saturated heterocycles. The van der Waals surface area contributed by atoms with Gasteiger partial charge in [-0.15, -0.1) is 11.6 Å². The minimum Gasteiger partial charge on any atom is -0.485 e. The van der Waals surface area contributed by atoms with Gasteiger partial charge in [-0.25, -0.2) is 0 Å². The monoisotopic (exact) mass is 308 g/mol. The lowest BCUT2D eigenvalue weighted by molar-refractivity contribution is 0.201. The number of halogens is 1. The average Bonchev–Trinajstić information content (AvgIpc) is 2.72. The van der Waals surface area contributed by atoms with Crippen molar-refractivity contribution in [2.75, 3.05) is 0 Å². The predicted molar refractivity (Wildman–Crippen MR) is 91.7 cm³/mol. The lowest BCUT2D eigenvalue weighted by atomic mass is 9.99. The van der Waals surface area contributed by atoms with Crippen LogP contribution in [-0.2, 0) is 6.42 Å². The number of rotatable bonds is 1. The van der Waals surface area contributed by atoms with Crippen molar-refractivity contribution in [3.63, 3.8) is 0 Å². The SMILES string of the molecule is Cl[C@H]1Cc2ccccc2O[C@H](c2ccc3ccccc3c2)C1. The molecular weight excluding hydrogens is 292 g/mol. The number of para-hydroxylation sites is 1. The molecular formula is C20H17ClO. The summed E-state index contributed by atoms with van der Waals surface area (Å²) in [6.45, 7) is 0. The molecule has 0 aliphatic carbocycles. The van der Waals surface area contributed by atoms with Gasteiger partial charge in [0.15, 0.2) is 0 Å². The summed E-state index contributed by atoms with van der Waals surface area (Å²) < 4.78 is 6.28. The van der Waals surface area contributed by atoms with Crippen molar-refractivity contribution in [1.29, 1.82) is 0 Å². The van der Waals surface area contributed by atoms with Crippen molar-refractivity contribution in [3.8, 4) is 5.75 Å². The van der Waals surface area contributed by atoms with Crippen LogP contribution >= 0.6 is 11.6 Å². The maximum atomic E-state index is 6.53. The third-order valence-corrected chi connectivity index (χ3v) is 4.63. The first-order chi connectivity index (χ1) is 10.8. The van der Waals surface area contributed by atoms with Crippen molar-refractivity contribution in [2.24, 2.45) is 0 Å². The second-order valence-electron chi connectivity index (χ2n) is 5.86. The van der Waals surface area contributed by atoms with Gasteiger partial charge >= 0.3 is 0 Å². The van der Waals surface area contributed by atoms with Crippen LogP contribution in [0.1, 0.15) is 23.7 Å². The van der Waals surface area contributed by atoms with Gasteiger partial charge in [-0.1, -0.05) is 54.6 Å². The van der Waals surface area contributed by atoms with Gasteiger partial charge in [-0.2, -0.15) is 0 Å². The minimum absolute atomic E-state index is 0.00996. The minimum atomic E-state index is 0.00996. The van der Waals surface area contributed by atoms with E-state index in [0.29, 0.717) is 0 Å². The molecule has 0 radical (unpaired) electrons. The Morgan fingerprint density at radius 3 is 2.55 bits per heavy atom. The largest absolute Gasteiger partial charge is 0.485 e. The van der Waals surface area contributed by atoms with Crippen LogP contribution in [0.25, 0.3) is 10.8 Å². The molecule has 2 heteroatoms. The van der Waals surface area contributed by atoms with Crippen molar-refractivity contribution in [2.45, 2.75) is 24.3 Å². The normalized spacial score (nSPS) is 21.0. The number of benzene rings is 3. The van der Waals surface area contributed by atoms with Crippen molar-refractivity contribution < 1.29 is 4.74 Å². The summed E-state index contributed by atoms with van der Waals surface area (Å²) in [6.07, 6.45) is 1.70. The molecule has 0 aromatic heterocycles. The first-order valence-corrected chi connectivity index (χ1v) is 8.10. The fraction of sp³-hybridized carbons (Fsp3) is 0.200. The summed E-state index contributed by atoms with van der Waals surface area (Å²) in [5.74, 6) is 0.962. The summed E-state index contributed by atoms with van der Waals surface area (Å²) in [6, 6.07) is 23.2. The maximum absolute atomic E-state index is 6.53. The van der Waals surface area contributed by atoms with Gasteiger partial charge < -0.3 is 4.74 Å². The maximum Gasteiger partial charge on any atom is 0.125 e. The molecule has 1 nitrogen and oxygen atoms in total. The molecule has 110 valence electrons. The first-order valence-electron chi connectivity index (χ1n) is 7.67. The molecule has 4 rings (SSSR count). The van der Waals surface area contributed by atoms with E-state index in [1.807, 2.05) is 18.2 Å². The van der Waals surface area contributed by atoms with Crippen LogP contribution in [0.15, 0.2) is 66.7 Å². The fourth-order valence-corrected chi connectivity index (χ4v) is 3.48. The topological polar surface area (TPSA) is 9.23 Å². The standard InChI is InChI=1S/C20H17ClO/c21-18-12-16-7-3-4-8-19(16)22-20(13-18)17-10-9-14-5-1-2-6-15(14)11-17/h1-11,18,20H,12-13H2/t18-,20-/m0/s1. The van der Waals surface area contributed by atoms with Crippen molar-refractivity contribution >= 4 is 22.4 Å². The van der Waals surface area contributed by atoms with Gasteiger partial charge in [0.2, 0.25) is 0 Å². The lowest BCUT2D eigenvalue weighted by Gasteiger charge is -2.19. The zero-order valence-electron chi connectivity index (χ0n) is 12.2. The Morgan fingerprint density at radius 2 is 1.64 bits per heavy atom. The molecule has 0 spiro atoms. The van der Waals surface area contributed by atoms with Crippen LogP contribution < -0.4 is 4.74 Å². The van der Waals surface area contributed by atoms with Crippen LogP contribution in [0.2, 0.25) is 0 Å². The second kappa shape index (κ2) is 5.66. The molecule has 2 atom stereocenters. The third-order valence-electron chi connectivity index (χ3n) is 4.30. The average molecular weight is 309 g/mol. The van der Waals surface area contributed by atoms with Gasteiger partial charge in [0.05, 0.1) is 0 Å². The number of hydrogen-bond donors (Lipinski definition) is 0. The van der Waals surface area contributed by atoms with Crippen molar-refractivity contribution in [1.82, 2.24) is 0 Å². The number of fused-ring (bicyclic) bond motifs is 2. The third kappa shape index (κ3) is 2.57. The van der Waals surface area contributed by atoms with E-state index in [4.69, 9.17) is 16.3 Å². The van der Waals surface area contributed by atoms with E-state index < -0.39 is 0 Å². The van der Waals surface area contributed by atoms with Crippen LogP contribution in [-0.4, -0.2) is 5.38 Å². The quantitative estimate of drug-likeness (QED) is 0.538. The first kappa shape index (κ1) is 13.7. The number of ether oxygens (including phenoxy) is 1. The summed E-state index contributed by atoms with van der Waals surface area (Å²) in [5, 5.41) is 2.59. The molecule has 0 fully saturated rings. The summed E-state index contributed by atoms with van der Waals surface area (Å²) in [4.78, 5) is 0. The van der Waals surface area contributed by atoms with E-state index in [0.717, 1.165) is 18.6 Å². The highest BCUT2D eigenvalue weighted by molar-refractivity contribution is 6.20. The Hall–Kier alpha value is -1.99. The van der Waals surface area contributed by atoms with Gasteiger partial charge in [0.1, 0.15) is 11.9 Å². The van der Waals surface area contributed by atoms with Crippen LogP contribution in [0, 0.1) is 0 Å². The summed E-state index contributed by atoms with van der Waals surface area (Å²) in [7, 11) is 0. The molecule has 22 heavy (non-hydrogen) atoms. The number of hydrogen-bond acceptors (Lipinski definition) is 1. The van der Waals surface area contributed by atoms with Crippen LogP contribution in [0.5, 0.6) is 5.75 Å². The Morgan fingerprint density at radius 1 is 0.864 bits per heavy atom. The molecule has 0 amide bonds. The molecule has 0 N–H and O–H groups in total. The second-order valence-corrected chi connectivity index (χ2v) is 6.48. The van der Waals surface area contributed by atoms with Crippen molar-refractivity contribution in [3.05, 3.63) is 77.9 Å². The van der Waals surface area contributed by atoms with E-state index in [1.54, 1.807) is 0 Å². The zero-order valence-corrected chi connectivity index (χ0v) is 13.0. The summed E-state index contributed by atoms with van der Waals surface area (Å²) >= 11 is 6.53. The molecule has 3 aromatic carbocycles. The molecule has 1 aliphatic rings. The van der Waals surface area contributed by atoms with E-state index in [2.05, 4.69) is 48.5 Å². The Balaban J connectivity index is 1.74. The fourth-order valence-electron chi connectivity index (χ4n) is 3.16. The molecule has 1 aliphatic heterocycles. The van der Waals surface area contributed by atoms with Gasteiger partial charge in [-0.3, -0.25) is 0 Å². The van der Waals surface area contributed by atoms with Crippen LogP contribution in [0.3, 0.4) is 0 Å². The summed E-state index contributed by atoms with van der Waals surface area (Å²) in [5.41, 5.74) is 2.40. The number of alkyl halides is 1. The highest BCUT2D eigenvalue weighted by atomic mass is 35.5. The van der Waals surface area contributed by atoms with Gasteiger partial charge in [0.25, 0.3) is 0 Å². The highest BCUT2D eigenvalue weighted by Gasteiger charge is 2.24. The molecule has 0 saturated carbocycles. The van der Waals surface area contributed by atoms with E-state index in [9.17, 15) is 0 Å². The molecule has 0 bridgehead atoms. The predicted octanol–water partition coefficient (Wildman–Crippen LogP) is 5.51. The van der Waals surface area contributed by atoms with Gasteiger partial charge in [-0.05, 0) is 40.5 Å². The lowest BCUT2D eigenvalue weighted by Crippen LogP contribution is -2.11. The zero-order chi connectivity index (χ0) is 14.9. The molecule has 1 heterocycles. The van der Waals surface area contributed by atoms with Gasteiger partial charge in [0, 0.05) is 11.8 Å². The molecule has 3 aromatic rings. The van der Waals surface area contributed by atoms with E-state index in [-0.39, 0.29) is 11.5 Å². The molecule has 0 unspecified atom stereocenters. The smallest absolute Gasteiger partial charge is 0.125 e. The Kier molecular flexibility index (Phi) is 3.51.